The topological polar surface area (TPSA) is 16.4 Å². The first-order chi connectivity index (χ1) is 30.7. The van der Waals surface area contributed by atoms with E-state index in [0.29, 0.717) is 0 Å². The molecule has 62 heavy (non-hydrogen) atoms. The van der Waals surface area contributed by atoms with Gasteiger partial charge in [-0.2, -0.15) is 0 Å². The summed E-state index contributed by atoms with van der Waals surface area (Å²) in [5, 5.41) is 9.58. The number of fused-ring (bicyclic) bond motifs is 7. The number of hydrogen-bond donors (Lipinski definition) is 0. The van der Waals surface area contributed by atoms with Crippen LogP contribution < -0.4 is 4.90 Å². The molecule has 1 heterocycles. The predicted molar refractivity (Wildman–Crippen MR) is 263 cm³/mol. The Hall–Kier alpha value is -8.20. The van der Waals surface area contributed by atoms with E-state index in [1.807, 2.05) is 0 Å². The molecule has 0 N–H and O–H groups in total. The maximum atomic E-state index is 6.63. The summed E-state index contributed by atoms with van der Waals surface area (Å²) in [4.78, 5) is 2.39. The summed E-state index contributed by atoms with van der Waals surface area (Å²) in [6, 6.07) is 85.5. The molecule has 290 valence electrons. The van der Waals surface area contributed by atoms with Crippen LogP contribution in [0.5, 0.6) is 0 Å². The van der Waals surface area contributed by atoms with Crippen molar-refractivity contribution in [3.8, 4) is 44.5 Å². The van der Waals surface area contributed by atoms with Crippen LogP contribution in [0, 0.1) is 0 Å². The first kappa shape index (κ1) is 35.7. The lowest BCUT2D eigenvalue weighted by Crippen LogP contribution is -2.10. The van der Waals surface area contributed by atoms with Crippen LogP contribution in [0.25, 0.3) is 98.8 Å². The van der Waals surface area contributed by atoms with Crippen LogP contribution in [0.15, 0.2) is 241 Å². The van der Waals surface area contributed by atoms with Crippen LogP contribution in [0.4, 0.5) is 17.1 Å². The zero-order valence-corrected chi connectivity index (χ0v) is 33.9. The molecular formula is C60H39NO. The molecule has 0 spiro atoms. The van der Waals surface area contributed by atoms with E-state index in [9.17, 15) is 0 Å². The van der Waals surface area contributed by atoms with E-state index in [1.54, 1.807) is 0 Å². The van der Waals surface area contributed by atoms with Crippen molar-refractivity contribution in [3.63, 3.8) is 0 Å². The monoisotopic (exact) mass is 789 g/mol. The molecule has 12 aromatic rings. The van der Waals surface area contributed by atoms with Crippen molar-refractivity contribution in [3.05, 3.63) is 237 Å². The molecule has 2 heteroatoms. The van der Waals surface area contributed by atoms with Crippen LogP contribution in [-0.2, 0) is 0 Å². The molecule has 0 aliphatic carbocycles. The van der Waals surface area contributed by atoms with Gasteiger partial charge in [0.15, 0.2) is 0 Å². The highest BCUT2D eigenvalue weighted by Crippen LogP contribution is 2.45. The van der Waals surface area contributed by atoms with Crippen LogP contribution >= 0.6 is 0 Å². The minimum absolute atomic E-state index is 0.859. The van der Waals surface area contributed by atoms with E-state index in [1.165, 1.54) is 60.3 Å². The van der Waals surface area contributed by atoms with E-state index in [0.717, 1.165) is 55.5 Å². The second kappa shape index (κ2) is 14.8. The number of benzene rings is 11. The lowest BCUT2D eigenvalue weighted by Gasteiger charge is -2.27. The van der Waals surface area contributed by atoms with Crippen LogP contribution in [0.3, 0.4) is 0 Å². The maximum absolute atomic E-state index is 6.63. The van der Waals surface area contributed by atoms with Gasteiger partial charge >= 0.3 is 0 Å². The summed E-state index contributed by atoms with van der Waals surface area (Å²) in [7, 11) is 0. The summed E-state index contributed by atoms with van der Waals surface area (Å²) in [5.41, 5.74) is 14.4. The first-order valence-electron chi connectivity index (χ1n) is 21.2. The highest BCUT2D eigenvalue weighted by molar-refractivity contribution is 6.17. The molecule has 0 aliphatic heterocycles. The molecule has 0 atom stereocenters. The van der Waals surface area contributed by atoms with Gasteiger partial charge < -0.3 is 9.32 Å². The summed E-state index contributed by atoms with van der Waals surface area (Å²) >= 11 is 0. The second-order valence-electron chi connectivity index (χ2n) is 16.1. The summed E-state index contributed by atoms with van der Waals surface area (Å²) in [6.07, 6.45) is 0. The third kappa shape index (κ3) is 6.12. The fourth-order valence-electron chi connectivity index (χ4n) is 9.48. The van der Waals surface area contributed by atoms with Gasteiger partial charge in [-0.05, 0) is 137 Å². The quantitative estimate of drug-likeness (QED) is 0.150. The van der Waals surface area contributed by atoms with Crippen molar-refractivity contribution in [1.82, 2.24) is 0 Å². The molecule has 0 radical (unpaired) electrons. The van der Waals surface area contributed by atoms with Crippen molar-refractivity contribution >= 4 is 71.3 Å². The SMILES string of the molecule is c1ccc(-c2ccccc2-c2ccc(N(c3cccc(-c4cccc(-c5cc6ccccc6c6ccccc56)c4)c3)c3cccc4oc5cc6ccccc6cc5c34)cc2)cc1. The lowest BCUT2D eigenvalue weighted by atomic mass is 9.92. The zero-order chi connectivity index (χ0) is 41.0. The van der Waals surface area contributed by atoms with Crippen LogP contribution in [-0.4, -0.2) is 0 Å². The Bertz CT molecular complexity index is 3640. The van der Waals surface area contributed by atoms with Gasteiger partial charge in [-0.3, -0.25) is 0 Å². The molecule has 0 saturated heterocycles. The predicted octanol–water partition coefficient (Wildman–Crippen LogP) is 17.2. The molecule has 2 nitrogen and oxygen atoms in total. The number of nitrogens with zero attached hydrogens (tertiary/aromatic N) is 1. The first-order valence-corrected chi connectivity index (χ1v) is 21.2. The molecule has 11 aromatic carbocycles. The van der Waals surface area contributed by atoms with Crippen LogP contribution in [0.2, 0.25) is 0 Å². The third-order valence-electron chi connectivity index (χ3n) is 12.4. The highest BCUT2D eigenvalue weighted by Gasteiger charge is 2.21. The Morgan fingerprint density at radius 3 is 1.65 bits per heavy atom. The largest absolute Gasteiger partial charge is 0.456 e. The standard InChI is InChI=1S/C60H39NO/c1-2-15-40(16-3-1)50-24-8-9-25-51(50)41-31-33-48(34-32-41)61(57-29-14-30-58-60(57)56-37-44-17-4-5-18-45(44)39-59(56)62-58)49-23-13-21-43(36-49)42-20-12-22-46(35-42)55-38-47-19-6-7-26-52(47)53-27-10-11-28-54(53)55/h1-39H. The van der Waals surface area contributed by atoms with E-state index in [2.05, 4.69) is 241 Å². The van der Waals surface area contributed by atoms with Crippen molar-refractivity contribution in [2.45, 2.75) is 0 Å². The Kier molecular flexibility index (Phi) is 8.53. The van der Waals surface area contributed by atoms with Gasteiger partial charge in [0, 0.05) is 16.8 Å². The van der Waals surface area contributed by atoms with Crippen molar-refractivity contribution in [1.29, 1.82) is 0 Å². The molecule has 0 amide bonds. The number of anilines is 3. The van der Waals surface area contributed by atoms with Gasteiger partial charge in [-0.1, -0.05) is 176 Å². The van der Waals surface area contributed by atoms with Gasteiger partial charge in [-0.15, -0.1) is 0 Å². The normalized spacial score (nSPS) is 11.5. The summed E-state index contributed by atoms with van der Waals surface area (Å²) in [5.74, 6) is 0. The fourth-order valence-corrected chi connectivity index (χ4v) is 9.48. The number of hydrogen-bond acceptors (Lipinski definition) is 2. The fraction of sp³-hybridized carbons (Fsp3) is 0. The van der Waals surface area contributed by atoms with Crippen molar-refractivity contribution in [2.24, 2.45) is 0 Å². The highest BCUT2D eigenvalue weighted by atomic mass is 16.3. The van der Waals surface area contributed by atoms with Gasteiger partial charge in [0.1, 0.15) is 11.2 Å². The second-order valence-corrected chi connectivity index (χ2v) is 16.1. The van der Waals surface area contributed by atoms with Gasteiger partial charge in [-0.25, -0.2) is 0 Å². The third-order valence-corrected chi connectivity index (χ3v) is 12.4. The minimum atomic E-state index is 0.859. The van der Waals surface area contributed by atoms with E-state index < -0.39 is 0 Å². The summed E-state index contributed by atoms with van der Waals surface area (Å²) < 4.78 is 6.63. The van der Waals surface area contributed by atoms with E-state index >= 15 is 0 Å². The van der Waals surface area contributed by atoms with Crippen molar-refractivity contribution in [2.75, 3.05) is 4.90 Å². The summed E-state index contributed by atoms with van der Waals surface area (Å²) in [6.45, 7) is 0. The molecule has 1 aromatic heterocycles. The Balaban J connectivity index is 1.02. The maximum Gasteiger partial charge on any atom is 0.137 e. The van der Waals surface area contributed by atoms with E-state index in [4.69, 9.17) is 4.42 Å². The molecule has 0 bridgehead atoms. The smallest absolute Gasteiger partial charge is 0.137 e. The van der Waals surface area contributed by atoms with Gasteiger partial charge in [0.05, 0.1) is 11.1 Å². The molecule has 12 rings (SSSR count). The average Bonchev–Trinajstić information content (AvgIpc) is 3.71. The molecular weight excluding hydrogens is 751 g/mol. The molecule has 0 fully saturated rings. The molecule has 0 saturated carbocycles. The molecule has 0 aliphatic rings. The minimum Gasteiger partial charge on any atom is -0.456 e. The zero-order valence-electron chi connectivity index (χ0n) is 33.9. The Morgan fingerprint density at radius 2 is 0.855 bits per heavy atom. The van der Waals surface area contributed by atoms with Gasteiger partial charge in [0.25, 0.3) is 0 Å². The van der Waals surface area contributed by atoms with Gasteiger partial charge in [0.2, 0.25) is 0 Å². The lowest BCUT2D eigenvalue weighted by molar-refractivity contribution is 0.669. The van der Waals surface area contributed by atoms with Crippen molar-refractivity contribution < 1.29 is 4.42 Å². The average molecular weight is 790 g/mol. The molecule has 0 unspecified atom stereocenters. The Morgan fingerprint density at radius 1 is 0.274 bits per heavy atom. The van der Waals surface area contributed by atoms with E-state index in [-0.39, 0.29) is 0 Å². The van der Waals surface area contributed by atoms with Crippen LogP contribution in [0.1, 0.15) is 0 Å². The number of rotatable bonds is 7. The Labute approximate surface area is 360 Å². The number of furan rings is 1.